The molecule has 1 aromatic carbocycles. The van der Waals surface area contributed by atoms with Crippen molar-refractivity contribution in [1.82, 2.24) is 15.5 Å². The van der Waals surface area contributed by atoms with E-state index in [-0.39, 0.29) is 24.0 Å². The van der Waals surface area contributed by atoms with Gasteiger partial charge in [0.15, 0.2) is 5.96 Å². The number of aliphatic imine (C=N–C) groups is 1. The van der Waals surface area contributed by atoms with E-state index in [1.54, 1.807) is 0 Å². The molecule has 1 aromatic rings. The summed E-state index contributed by atoms with van der Waals surface area (Å²) in [6, 6.07) is 9.01. The van der Waals surface area contributed by atoms with Gasteiger partial charge in [-0.15, -0.1) is 24.0 Å². The second-order valence-corrected chi connectivity index (χ2v) is 5.64. The molecule has 23 heavy (non-hydrogen) atoms. The van der Waals surface area contributed by atoms with Crippen LogP contribution in [0.4, 0.5) is 0 Å². The van der Waals surface area contributed by atoms with Crippen molar-refractivity contribution in [2.45, 2.75) is 47.2 Å². The maximum absolute atomic E-state index is 4.68. The molecule has 0 spiro atoms. The van der Waals surface area contributed by atoms with Gasteiger partial charge < -0.3 is 10.6 Å². The van der Waals surface area contributed by atoms with Crippen LogP contribution in [-0.2, 0) is 6.54 Å². The number of nitrogens with one attached hydrogen (secondary N) is 2. The van der Waals surface area contributed by atoms with Gasteiger partial charge in [0, 0.05) is 19.1 Å². The lowest BCUT2D eigenvalue weighted by Crippen LogP contribution is -2.45. The highest BCUT2D eigenvalue weighted by Gasteiger charge is 2.10. The summed E-state index contributed by atoms with van der Waals surface area (Å²) in [4.78, 5) is 7.13. The van der Waals surface area contributed by atoms with Gasteiger partial charge in [0.25, 0.3) is 0 Å². The molecule has 2 N–H and O–H groups in total. The summed E-state index contributed by atoms with van der Waals surface area (Å²) >= 11 is 0. The number of hydrogen-bond acceptors (Lipinski definition) is 2. The quantitative estimate of drug-likeness (QED) is 0.376. The Labute approximate surface area is 159 Å². The zero-order valence-electron chi connectivity index (χ0n) is 15.2. The maximum atomic E-state index is 4.68. The summed E-state index contributed by atoms with van der Waals surface area (Å²) in [7, 11) is 0. The molecule has 0 saturated carbocycles. The molecule has 5 heteroatoms. The Morgan fingerprint density at radius 1 is 1.17 bits per heavy atom. The highest BCUT2D eigenvalue weighted by Crippen LogP contribution is 2.05. The van der Waals surface area contributed by atoms with E-state index in [0.29, 0.717) is 12.6 Å². The van der Waals surface area contributed by atoms with Crippen LogP contribution in [0.3, 0.4) is 0 Å². The minimum absolute atomic E-state index is 0. The van der Waals surface area contributed by atoms with Crippen molar-refractivity contribution < 1.29 is 0 Å². The van der Waals surface area contributed by atoms with Gasteiger partial charge in [0.05, 0.1) is 6.54 Å². The lowest BCUT2D eigenvalue weighted by atomic mass is 10.1. The highest BCUT2D eigenvalue weighted by atomic mass is 127. The molecule has 1 rings (SSSR count). The number of likely N-dealkylation sites (N-methyl/N-ethyl adjacent to an activating group) is 1. The average molecular weight is 432 g/mol. The van der Waals surface area contributed by atoms with Crippen LogP contribution in [0.15, 0.2) is 29.3 Å². The number of aryl methyl sites for hydroxylation is 1. The number of benzene rings is 1. The van der Waals surface area contributed by atoms with Crippen LogP contribution in [0.1, 0.15) is 38.8 Å². The van der Waals surface area contributed by atoms with Gasteiger partial charge in [-0.05, 0) is 39.4 Å². The van der Waals surface area contributed by atoms with Crippen molar-refractivity contribution in [3.63, 3.8) is 0 Å². The van der Waals surface area contributed by atoms with Gasteiger partial charge in [0.2, 0.25) is 0 Å². The highest BCUT2D eigenvalue weighted by molar-refractivity contribution is 14.0. The van der Waals surface area contributed by atoms with Gasteiger partial charge >= 0.3 is 0 Å². The third-order valence-corrected chi connectivity index (χ3v) is 3.85. The molecule has 0 bridgehead atoms. The van der Waals surface area contributed by atoms with Gasteiger partial charge in [-0.3, -0.25) is 4.90 Å². The molecule has 0 fully saturated rings. The van der Waals surface area contributed by atoms with Crippen LogP contribution < -0.4 is 10.6 Å². The average Bonchev–Trinajstić information content (AvgIpc) is 2.51. The van der Waals surface area contributed by atoms with Crippen LogP contribution in [0.5, 0.6) is 0 Å². The molecular weight excluding hydrogens is 399 g/mol. The summed E-state index contributed by atoms with van der Waals surface area (Å²) in [5, 5.41) is 6.77. The van der Waals surface area contributed by atoms with E-state index in [1.165, 1.54) is 11.1 Å². The Bertz CT molecular complexity index is 458. The van der Waals surface area contributed by atoms with E-state index >= 15 is 0 Å². The van der Waals surface area contributed by atoms with Crippen LogP contribution in [0.2, 0.25) is 0 Å². The first-order valence-corrected chi connectivity index (χ1v) is 8.42. The first-order chi connectivity index (χ1) is 10.6. The second-order valence-electron chi connectivity index (χ2n) is 5.64. The van der Waals surface area contributed by atoms with Crippen LogP contribution >= 0.6 is 24.0 Å². The van der Waals surface area contributed by atoms with Gasteiger partial charge in [-0.1, -0.05) is 43.7 Å². The Morgan fingerprint density at radius 3 is 2.43 bits per heavy atom. The van der Waals surface area contributed by atoms with E-state index in [4.69, 9.17) is 0 Å². The summed E-state index contributed by atoms with van der Waals surface area (Å²) in [6.45, 7) is 15.5. The van der Waals surface area contributed by atoms with Crippen molar-refractivity contribution in [1.29, 1.82) is 0 Å². The zero-order chi connectivity index (χ0) is 16.4. The number of rotatable bonds is 8. The second kappa shape index (κ2) is 12.6. The number of hydrogen-bond donors (Lipinski definition) is 2. The van der Waals surface area contributed by atoms with Crippen molar-refractivity contribution in [2.75, 3.05) is 26.2 Å². The topological polar surface area (TPSA) is 39.7 Å². The molecule has 0 amide bonds. The SMILES string of the molecule is CCNC(=NCc1cccc(C)c1)NCC(C)N(CC)CC.I. The molecule has 0 radical (unpaired) electrons. The van der Waals surface area contributed by atoms with Crippen LogP contribution in [-0.4, -0.2) is 43.1 Å². The van der Waals surface area contributed by atoms with E-state index in [1.807, 2.05) is 0 Å². The van der Waals surface area contributed by atoms with Gasteiger partial charge in [0.1, 0.15) is 0 Å². The lowest BCUT2D eigenvalue weighted by Gasteiger charge is -2.27. The smallest absolute Gasteiger partial charge is 0.191 e. The molecule has 132 valence electrons. The van der Waals surface area contributed by atoms with E-state index in [2.05, 4.69) is 79.4 Å². The fraction of sp³-hybridized carbons (Fsp3) is 0.611. The minimum Gasteiger partial charge on any atom is -0.357 e. The van der Waals surface area contributed by atoms with Crippen LogP contribution in [0.25, 0.3) is 0 Å². The molecule has 0 heterocycles. The Morgan fingerprint density at radius 2 is 1.87 bits per heavy atom. The largest absolute Gasteiger partial charge is 0.357 e. The molecule has 1 atom stereocenters. The predicted molar refractivity (Wildman–Crippen MR) is 112 cm³/mol. The molecule has 4 nitrogen and oxygen atoms in total. The van der Waals surface area contributed by atoms with Gasteiger partial charge in [-0.2, -0.15) is 0 Å². The minimum atomic E-state index is 0. The third-order valence-electron chi connectivity index (χ3n) is 3.85. The Hall–Kier alpha value is -0.820. The predicted octanol–water partition coefficient (Wildman–Crippen LogP) is 3.40. The Balaban J connectivity index is 0.00000484. The molecule has 0 saturated heterocycles. The summed E-state index contributed by atoms with van der Waals surface area (Å²) in [5.74, 6) is 0.892. The van der Waals surface area contributed by atoms with Crippen molar-refractivity contribution >= 4 is 29.9 Å². The molecule has 1 unspecified atom stereocenters. The normalized spacial score (nSPS) is 12.7. The van der Waals surface area contributed by atoms with E-state index in [0.717, 1.165) is 32.1 Å². The molecule has 0 aliphatic rings. The summed E-state index contributed by atoms with van der Waals surface area (Å²) in [6.07, 6.45) is 0. The van der Waals surface area contributed by atoms with Crippen LogP contribution in [0, 0.1) is 6.92 Å². The lowest BCUT2D eigenvalue weighted by molar-refractivity contribution is 0.231. The molecule has 0 aromatic heterocycles. The molecule has 0 aliphatic heterocycles. The number of guanidine groups is 1. The first-order valence-electron chi connectivity index (χ1n) is 8.42. The monoisotopic (exact) mass is 432 g/mol. The van der Waals surface area contributed by atoms with Crippen molar-refractivity contribution in [3.05, 3.63) is 35.4 Å². The molecular formula is C18H33IN4. The fourth-order valence-electron chi connectivity index (χ4n) is 2.54. The van der Waals surface area contributed by atoms with Crippen molar-refractivity contribution in [2.24, 2.45) is 4.99 Å². The fourth-order valence-corrected chi connectivity index (χ4v) is 2.54. The number of halogens is 1. The first kappa shape index (κ1) is 22.2. The summed E-state index contributed by atoms with van der Waals surface area (Å²) in [5.41, 5.74) is 2.52. The van der Waals surface area contributed by atoms with Gasteiger partial charge in [-0.25, -0.2) is 4.99 Å². The number of nitrogens with zero attached hydrogens (tertiary/aromatic N) is 2. The van der Waals surface area contributed by atoms with E-state index < -0.39 is 0 Å². The third kappa shape index (κ3) is 8.55. The van der Waals surface area contributed by atoms with E-state index in [9.17, 15) is 0 Å². The molecule has 0 aliphatic carbocycles. The summed E-state index contributed by atoms with van der Waals surface area (Å²) < 4.78 is 0. The maximum Gasteiger partial charge on any atom is 0.191 e. The zero-order valence-corrected chi connectivity index (χ0v) is 17.6. The Kier molecular flexibility index (Phi) is 12.1. The van der Waals surface area contributed by atoms with Crippen molar-refractivity contribution in [3.8, 4) is 0 Å². The standard InChI is InChI=1S/C18H32N4.HI/c1-6-19-18(20-13-16(5)22(7-2)8-3)21-14-17-11-9-10-15(4)12-17;/h9-12,16H,6-8,13-14H2,1-5H3,(H2,19,20,21);1H.